The Morgan fingerprint density at radius 2 is 2.06 bits per heavy atom. The summed E-state index contributed by atoms with van der Waals surface area (Å²) in [6.45, 7) is 7.38. The molecule has 1 aromatic carbocycles. The van der Waals surface area contributed by atoms with E-state index in [9.17, 15) is 0 Å². The van der Waals surface area contributed by atoms with E-state index in [1.807, 2.05) is 0 Å². The number of H-pyrrole nitrogens is 1. The zero-order chi connectivity index (χ0) is 12.4. The molecule has 2 nitrogen and oxygen atoms in total. The molecule has 0 aliphatic rings. The van der Waals surface area contributed by atoms with Crippen LogP contribution in [0.1, 0.15) is 43.5 Å². The number of aromatic amines is 1. The van der Waals surface area contributed by atoms with E-state index >= 15 is 0 Å². The molecule has 2 rings (SSSR count). The van der Waals surface area contributed by atoms with E-state index in [0.717, 1.165) is 12.8 Å². The highest BCUT2D eigenvalue weighted by molar-refractivity contribution is 5.87. The molecule has 0 saturated heterocycles. The van der Waals surface area contributed by atoms with Crippen LogP contribution in [0, 0.1) is 0 Å². The van der Waals surface area contributed by atoms with Crippen LogP contribution in [0.15, 0.2) is 18.2 Å². The molecule has 0 radical (unpaired) electrons. The second kappa shape index (κ2) is 4.92. The molecule has 0 aliphatic carbocycles. The Kier molecular flexibility index (Phi) is 3.53. The maximum Gasteiger partial charge on any atom is 0.0491 e. The number of nitrogens with two attached hydrogens (primary N) is 1. The van der Waals surface area contributed by atoms with Crippen molar-refractivity contribution in [1.29, 1.82) is 0 Å². The van der Waals surface area contributed by atoms with E-state index < -0.39 is 0 Å². The molecular weight excluding hydrogens is 208 g/mol. The molecule has 0 atom stereocenters. The lowest BCUT2D eigenvalue weighted by molar-refractivity contribution is 0.809. The first kappa shape index (κ1) is 12.2. The van der Waals surface area contributed by atoms with Crippen molar-refractivity contribution in [3.8, 4) is 0 Å². The van der Waals surface area contributed by atoms with Crippen LogP contribution in [0.2, 0.25) is 0 Å². The molecule has 1 aromatic heterocycles. The molecule has 3 N–H and O–H groups in total. The summed E-state index contributed by atoms with van der Waals surface area (Å²) in [6.07, 6.45) is 2.03. The number of aromatic nitrogens is 1. The van der Waals surface area contributed by atoms with Crippen molar-refractivity contribution in [2.75, 3.05) is 6.54 Å². The zero-order valence-electron chi connectivity index (χ0n) is 11.0. The zero-order valence-corrected chi connectivity index (χ0v) is 11.0. The van der Waals surface area contributed by atoms with Gasteiger partial charge >= 0.3 is 0 Å². The maximum atomic E-state index is 5.74. The highest BCUT2D eigenvalue weighted by Gasteiger charge is 2.14. The number of rotatable bonds is 4. The van der Waals surface area contributed by atoms with Crippen molar-refractivity contribution >= 4 is 10.9 Å². The fourth-order valence-corrected chi connectivity index (χ4v) is 2.56. The van der Waals surface area contributed by atoms with Crippen molar-refractivity contribution in [2.45, 2.75) is 39.5 Å². The summed E-state index contributed by atoms with van der Waals surface area (Å²) >= 11 is 0. The molecular formula is C15H22N2. The van der Waals surface area contributed by atoms with Gasteiger partial charge in [0.25, 0.3) is 0 Å². The van der Waals surface area contributed by atoms with Crippen LogP contribution < -0.4 is 5.73 Å². The van der Waals surface area contributed by atoms with Gasteiger partial charge in [-0.3, -0.25) is 0 Å². The minimum Gasteiger partial charge on any atom is -0.358 e. The predicted octanol–water partition coefficient (Wildman–Crippen LogP) is 3.35. The maximum absolute atomic E-state index is 5.74. The van der Waals surface area contributed by atoms with Gasteiger partial charge in [0.05, 0.1) is 0 Å². The number of hydrogen-bond acceptors (Lipinski definition) is 1. The molecule has 2 heteroatoms. The molecule has 92 valence electrons. The van der Waals surface area contributed by atoms with E-state index in [-0.39, 0.29) is 0 Å². The second-order valence-corrected chi connectivity index (χ2v) is 4.90. The quantitative estimate of drug-likeness (QED) is 0.831. The number of aryl methyl sites for hydroxylation is 1. The molecule has 0 saturated carbocycles. The summed E-state index contributed by atoms with van der Waals surface area (Å²) in [5.74, 6) is 0.522. The highest BCUT2D eigenvalue weighted by Crippen LogP contribution is 2.30. The largest absolute Gasteiger partial charge is 0.358 e. The first-order chi connectivity index (χ1) is 8.19. The van der Waals surface area contributed by atoms with Gasteiger partial charge in [-0.15, -0.1) is 0 Å². The summed E-state index contributed by atoms with van der Waals surface area (Å²) < 4.78 is 0. The van der Waals surface area contributed by atoms with Crippen molar-refractivity contribution < 1.29 is 0 Å². The number of benzene rings is 1. The van der Waals surface area contributed by atoms with Crippen LogP contribution in [0.25, 0.3) is 10.9 Å². The summed E-state index contributed by atoms with van der Waals surface area (Å²) in [5, 5.41) is 1.36. The summed E-state index contributed by atoms with van der Waals surface area (Å²) in [5.41, 5.74) is 11.2. The van der Waals surface area contributed by atoms with Gasteiger partial charge in [-0.2, -0.15) is 0 Å². The first-order valence-electron chi connectivity index (χ1n) is 6.51. The molecule has 0 spiro atoms. The van der Waals surface area contributed by atoms with Crippen molar-refractivity contribution in [3.05, 3.63) is 35.0 Å². The minimum atomic E-state index is 0.522. The Morgan fingerprint density at radius 1 is 1.29 bits per heavy atom. The summed E-state index contributed by atoms with van der Waals surface area (Å²) in [7, 11) is 0. The van der Waals surface area contributed by atoms with Crippen LogP contribution in [0.5, 0.6) is 0 Å². The number of hydrogen-bond donors (Lipinski definition) is 2. The average molecular weight is 230 g/mol. The molecule has 0 unspecified atom stereocenters. The predicted molar refractivity (Wildman–Crippen MR) is 74.5 cm³/mol. The Morgan fingerprint density at radius 3 is 2.65 bits per heavy atom. The lowest BCUT2D eigenvalue weighted by Crippen LogP contribution is -2.05. The van der Waals surface area contributed by atoms with E-state index in [2.05, 4.69) is 44.0 Å². The highest BCUT2D eigenvalue weighted by atomic mass is 14.7. The molecule has 0 bridgehead atoms. The Hall–Kier alpha value is -1.28. The summed E-state index contributed by atoms with van der Waals surface area (Å²) in [4.78, 5) is 3.61. The smallest absolute Gasteiger partial charge is 0.0491 e. The van der Waals surface area contributed by atoms with Crippen molar-refractivity contribution in [3.63, 3.8) is 0 Å². The lowest BCUT2D eigenvalue weighted by Gasteiger charge is -2.06. The van der Waals surface area contributed by atoms with Crippen LogP contribution in [-0.4, -0.2) is 11.5 Å². The second-order valence-electron chi connectivity index (χ2n) is 4.90. The monoisotopic (exact) mass is 230 g/mol. The molecule has 0 amide bonds. The van der Waals surface area contributed by atoms with Crippen LogP contribution in [-0.2, 0) is 12.8 Å². The van der Waals surface area contributed by atoms with Crippen LogP contribution in [0.4, 0.5) is 0 Å². The third-order valence-electron chi connectivity index (χ3n) is 3.41. The topological polar surface area (TPSA) is 41.8 Å². The standard InChI is InChI=1S/C15H22N2/c1-4-11-6-5-7-12-13(8-9-16)14(10(2)3)17-15(11)12/h5-7,10,17H,4,8-9,16H2,1-3H3. The van der Waals surface area contributed by atoms with E-state index in [1.165, 1.54) is 27.7 Å². The SMILES string of the molecule is CCc1cccc2c(CCN)c(C(C)C)[nH]c12. The van der Waals surface area contributed by atoms with Gasteiger partial charge in [0.1, 0.15) is 0 Å². The third kappa shape index (κ3) is 2.09. The van der Waals surface area contributed by atoms with Gasteiger partial charge < -0.3 is 10.7 Å². The van der Waals surface area contributed by atoms with E-state index in [0.29, 0.717) is 12.5 Å². The van der Waals surface area contributed by atoms with Crippen LogP contribution in [0.3, 0.4) is 0 Å². The lowest BCUT2D eigenvalue weighted by atomic mass is 10.00. The molecule has 0 aliphatic heterocycles. The Bertz CT molecular complexity index is 509. The molecule has 1 heterocycles. The van der Waals surface area contributed by atoms with Gasteiger partial charge in [-0.1, -0.05) is 39.0 Å². The van der Waals surface area contributed by atoms with Gasteiger partial charge in [0.15, 0.2) is 0 Å². The summed E-state index contributed by atoms with van der Waals surface area (Å²) in [6, 6.07) is 6.57. The fourth-order valence-electron chi connectivity index (χ4n) is 2.56. The van der Waals surface area contributed by atoms with Gasteiger partial charge in [0, 0.05) is 16.6 Å². The fraction of sp³-hybridized carbons (Fsp3) is 0.467. The van der Waals surface area contributed by atoms with Crippen molar-refractivity contribution in [2.24, 2.45) is 5.73 Å². The van der Waals surface area contributed by atoms with Gasteiger partial charge in [0.2, 0.25) is 0 Å². The van der Waals surface area contributed by atoms with Gasteiger partial charge in [-0.25, -0.2) is 0 Å². The van der Waals surface area contributed by atoms with Crippen molar-refractivity contribution in [1.82, 2.24) is 4.98 Å². The molecule has 17 heavy (non-hydrogen) atoms. The molecule has 2 aromatic rings. The first-order valence-corrected chi connectivity index (χ1v) is 6.51. The Labute approximate surface area is 103 Å². The Balaban J connectivity index is 2.69. The normalized spacial score (nSPS) is 11.6. The average Bonchev–Trinajstić information content (AvgIpc) is 2.69. The minimum absolute atomic E-state index is 0.522. The van der Waals surface area contributed by atoms with E-state index in [4.69, 9.17) is 5.73 Å². The molecule has 0 fully saturated rings. The van der Waals surface area contributed by atoms with Gasteiger partial charge in [-0.05, 0) is 36.4 Å². The number of fused-ring (bicyclic) bond motifs is 1. The number of para-hydroxylation sites is 1. The number of nitrogens with one attached hydrogen (secondary N) is 1. The van der Waals surface area contributed by atoms with E-state index in [1.54, 1.807) is 0 Å². The third-order valence-corrected chi connectivity index (χ3v) is 3.41. The van der Waals surface area contributed by atoms with Crippen LogP contribution >= 0.6 is 0 Å².